The van der Waals surface area contributed by atoms with Crippen LogP contribution < -0.4 is 9.99 Å². The number of aromatic hydroxyl groups is 1. The van der Waals surface area contributed by atoms with Gasteiger partial charge in [-0.15, -0.1) is 0 Å². The van der Waals surface area contributed by atoms with Crippen LogP contribution in [0.3, 0.4) is 0 Å². The Morgan fingerprint density at radius 3 is 2.48 bits per heavy atom. The summed E-state index contributed by atoms with van der Waals surface area (Å²) in [5.41, 5.74) is 6.26. The van der Waals surface area contributed by atoms with Crippen molar-refractivity contribution in [3.63, 3.8) is 0 Å². The van der Waals surface area contributed by atoms with Crippen LogP contribution in [0.15, 0.2) is 41.4 Å². The van der Waals surface area contributed by atoms with E-state index in [4.69, 9.17) is 4.99 Å². The number of aryl methyl sites for hydroxylation is 2. The average molecular weight is 369 g/mol. The molecule has 4 rings (SSSR count). The number of fused-ring (bicyclic) bond motifs is 3. The lowest BCUT2D eigenvalue weighted by molar-refractivity contribution is 0.476. The third kappa shape index (κ3) is 2.77. The molecule has 0 atom stereocenters. The van der Waals surface area contributed by atoms with E-state index in [-0.39, 0.29) is 11.3 Å². The van der Waals surface area contributed by atoms with Crippen molar-refractivity contribution >= 4 is 32.1 Å². The molecule has 2 heterocycles. The Kier molecular flexibility index (Phi) is 3.74. The summed E-state index contributed by atoms with van der Waals surface area (Å²) in [5.74, 6) is 0.226. The molecule has 0 unspecified atom stereocenters. The van der Waals surface area contributed by atoms with Crippen LogP contribution in [-0.4, -0.2) is 5.11 Å². The predicted molar refractivity (Wildman–Crippen MR) is 107 cm³/mol. The Morgan fingerprint density at radius 1 is 1.00 bits per heavy atom. The van der Waals surface area contributed by atoms with Crippen LogP contribution in [0.5, 0.6) is 5.75 Å². The van der Waals surface area contributed by atoms with Gasteiger partial charge in [-0.3, -0.25) is 0 Å². The molecular formula is C20H20N2OS2. The van der Waals surface area contributed by atoms with E-state index in [0.29, 0.717) is 5.69 Å². The Balaban J connectivity index is 1.98. The normalized spacial score (nSPS) is 15.4. The highest BCUT2D eigenvalue weighted by Gasteiger charge is 2.33. The summed E-state index contributed by atoms with van der Waals surface area (Å²) in [7, 11) is 3.43. The maximum atomic E-state index is 10.2. The quantitative estimate of drug-likeness (QED) is 0.542. The first-order valence-electron chi connectivity index (χ1n) is 8.22. The van der Waals surface area contributed by atoms with E-state index in [2.05, 4.69) is 44.3 Å². The van der Waals surface area contributed by atoms with Crippen molar-refractivity contribution in [1.29, 1.82) is 0 Å². The Morgan fingerprint density at radius 2 is 1.72 bits per heavy atom. The molecule has 0 saturated carbocycles. The van der Waals surface area contributed by atoms with Crippen LogP contribution >= 0.6 is 20.7 Å². The van der Waals surface area contributed by atoms with Gasteiger partial charge in [0.15, 0.2) is 0 Å². The van der Waals surface area contributed by atoms with Gasteiger partial charge in [0, 0.05) is 16.8 Å². The molecule has 2 N–H and O–H groups in total. The van der Waals surface area contributed by atoms with Gasteiger partial charge in [0.05, 0.1) is 10.4 Å². The van der Waals surface area contributed by atoms with E-state index in [0.717, 1.165) is 15.9 Å². The standard InChI is InChI=1S/C20H20N2OS2/c1-11-5-7-13-15(9-11)22-20(3,4)18-17(13)19(25-24-18)21-14-8-6-12(2)10-16(14)23/h5-10,22-23H,1-4H3. The van der Waals surface area contributed by atoms with Crippen molar-refractivity contribution in [2.24, 2.45) is 4.99 Å². The van der Waals surface area contributed by atoms with Crippen LogP contribution in [0.25, 0.3) is 11.1 Å². The van der Waals surface area contributed by atoms with Gasteiger partial charge >= 0.3 is 0 Å². The van der Waals surface area contributed by atoms with Gasteiger partial charge in [0.1, 0.15) is 16.1 Å². The van der Waals surface area contributed by atoms with Gasteiger partial charge in [-0.25, -0.2) is 4.99 Å². The first-order valence-corrected chi connectivity index (χ1v) is 10.4. The summed E-state index contributed by atoms with van der Waals surface area (Å²) in [5, 5.41) is 13.9. The molecule has 1 aromatic heterocycles. The highest BCUT2D eigenvalue weighted by molar-refractivity contribution is 7.68. The molecule has 25 heavy (non-hydrogen) atoms. The Bertz CT molecular complexity index is 1040. The van der Waals surface area contributed by atoms with Crippen LogP contribution in [0.4, 0.5) is 11.4 Å². The largest absolute Gasteiger partial charge is 0.506 e. The van der Waals surface area contributed by atoms with E-state index in [1.807, 2.05) is 19.1 Å². The highest BCUT2D eigenvalue weighted by atomic mass is 32.9. The van der Waals surface area contributed by atoms with Crippen molar-refractivity contribution in [3.8, 4) is 16.9 Å². The molecule has 3 aromatic rings. The second-order valence-electron chi connectivity index (χ2n) is 7.08. The molecular weight excluding hydrogens is 348 g/mol. The lowest BCUT2D eigenvalue weighted by Gasteiger charge is -2.33. The second kappa shape index (κ2) is 5.71. The van der Waals surface area contributed by atoms with Gasteiger partial charge < -0.3 is 10.4 Å². The molecule has 0 bridgehead atoms. The van der Waals surface area contributed by atoms with Crippen LogP contribution in [-0.2, 0) is 5.54 Å². The Labute approximate surface area is 154 Å². The number of rotatable bonds is 1. The monoisotopic (exact) mass is 368 g/mol. The molecule has 2 aromatic carbocycles. The maximum Gasteiger partial charge on any atom is 0.141 e. The molecule has 0 amide bonds. The fraction of sp³-hybridized carbons (Fsp3) is 0.250. The molecule has 0 radical (unpaired) electrons. The second-order valence-corrected chi connectivity index (χ2v) is 9.21. The van der Waals surface area contributed by atoms with Gasteiger partial charge in [-0.05, 0) is 57.0 Å². The topological polar surface area (TPSA) is 44.6 Å². The third-order valence-electron chi connectivity index (χ3n) is 4.46. The summed E-state index contributed by atoms with van der Waals surface area (Å²) in [6.45, 7) is 8.47. The summed E-state index contributed by atoms with van der Waals surface area (Å²) < 4.78 is 0.957. The number of anilines is 1. The summed E-state index contributed by atoms with van der Waals surface area (Å²) >= 11 is 0. The molecule has 128 valence electrons. The summed E-state index contributed by atoms with van der Waals surface area (Å²) in [4.78, 5) is 6.08. The molecule has 3 nitrogen and oxygen atoms in total. The van der Waals surface area contributed by atoms with Crippen LogP contribution in [0.2, 0.25) is 0 Å². The molecule has 1 aliphatic heterocycles. The Hall–Kier alpha value is -2.11. The van der Waals surface area contributed by atoms with Gasteiger partial charge in [-0.2, -0.15) is 0 Å². The highest BCUT2D eigenvalue weighted by Crippen LogP contribution is 2.45. The summed E-state index contributed by atoms with van der Waals surface area (Å²) in [6, 6.07) is 12.1. The number of nitrogens with zero attached hydrogens (tertiary/aromatic N) is 1. The molecule has 0 saturated heterocycles. The van der Waals surface area contributed by atoms with Crippen LogP contribution in [0.1, 0.15) is 29.9 Å². The number of hydrogen-bond acceptors (Lipinski definition) is 5. The fourth-order valence-corrected chi connectivity index (χ4v) is 6.13. The first-order chi connectivity index (χ1) is 11.8. The van der Waals surface area contributed by atoms with E-state index >= 15 is 0 Å². The number of phenolic OH excluding ortho intramolecular Hbond substituents is 1. The van der Waals surface area contributed by atoms with Crippen LogP contribution in [0, 0.1) is 13.8 Å². The fourth-order valence-electron chi connectivity index (χ4n) is 3.20. The minimum atomic E-state index is -0.139. The minimum absolute atomic E-state index is 0.139. The van der Waals surface area contributed by atoms with Crippen molar-refractivity contribution in [1.82, 2.24) is 0 Å². The minimum Gasteiger partial charge on any atom is -0.506 e. The van der Waals surface area contributed by atoms with Crippen molar-refractivity contribution in [3.05, 3.63) is 57.1 Å². The number of hydrogen-bond donors (Lipinski definition) is 2. The zero-order valence-corrected chi connectivity index (χ0v) is 16.3. The number of benzene rings is 2. The zero-order chi connectivity index (χ0) is 17.8. The molecule has 0 spiro atoms. The molecule has 5 heteroatoms. The molecule has 1 aliphatic rings. The van der Waals surface area contributed by atoms with Crippen molar-refractivity contribution in [2.45, 2.75) is 33.2 Å². The molecule has 0 aliphatic carbocycles. The first kappa shape index (κ1) is 16.4. The van der Waals surface area contributed by atoms with Gasteiger partial charge in [0.25, 0.3) is 0 Å². The lowest BCUT2D eigenvalue weighted by atomic mass is 9.89. The number of nitrogens with one attached hydrogen (secondary N) is 1. The summed E-state index contributed by atoms with van der Waals surface area (Å²) in [6.07, 6.45) is 0. The van der Waals surface area contributed by atoms with Crippen molar-refractivity contribution in [2.75, 3.05) is 5.32 Å². The van der Waals surface area contributed by atoms with E-state index in [1.54, 1.807) is 26.7 Å². The van der Waals surface area contributed by atoms with E-state index < -0.39 is 0 Å². The average Bonchev–Trinajstić information content (AvgIpc) is 2.94. The predicted octanol–water partition coefficient (Wildman–Crippen LogP) is 5.69. The van der Waals surface area contributed by atoms with Gasteiger partial charge in [-0.1, -0.05) is 38.9 Å². The van der Waals surface area contributed by atoms with Crippen molar-refractivity contribution < 1.29 is 5.11 Å². The smallest absolute Gasteiger partial charge is 0.141 e. The van der Waals surface area contributed by atoms with E-state index in [1.165, 1.54) is 21.6 Å². The lowest BCUT2D eigenvalue weighted by Crippen LogP contribution is -2.31. The zero-order valence-electron chi connectivity index (χ0n) is 14.7. The molecule has 0 fully saturated rings. The van der Waals surface area contributed by atoms with Gasteiger partial charge in [0.2, 0.25) is 0 Å². The van der Waals surface area contributed by atoms with E-state index in [9.17, 15) is 5.11 Å². The number of phenols is 1. The maximum absolute atomic E-state index is 10.2. The SMILES string of the molecule is Cc1ccc(N=c2ssc3c2-c2ccc(C)cc2NC3(C)C)c(O)c1. The third-order valence-corrected chi connectivity index (χ3v) is 7.10.